The van der Waals surface area contributed by atoms with Crippen molar-refractivity contribution < 1.29 is 4.79 Å². The van der Waals surface area contributed by atoms with E-state index in [0.29, 0.717) is 23.8 Å². The lowest BCUT2D eigenvalue weighted by molar-refractivity contribution is -0.119. The van der Waals surface area contributed by atoms with Gasteiger partial charge in [-0.2, -0.15) is 15.3 Å². The number of rotatable bonds is 7. The lowest BCUT2D eigenvalue weighted by Gasteiger charge is -2.12. The van der Waals surface area contributed by atoms with Crippen LogP contribution in [0.3, 0.4) is 0 Å². The van der Waals surface area contributed by atoms with E-state index >= 15 is 0 Å². The molecular formula is C18H24ClN7O. The molecular weight excluding hydrogens is 366 g/mol. The van der Waals surface area contributed by atoms with Gasteiger partial charge < -0.3 is 5.32 Å². The third-order valence-corrected chi connectivity index (χ3v) is 4.99. The monoisotopic (exact) mass is 389 g/mol. The second-order valence-electron chi connectivity index (χ2n) is 6.69. The van der Waals surface area contributed by atoms with Gasteiger partial charge >= 0.3 is 0 Å². The molecule has 1 unspecified atom stereocenters. The van der Waals surface area contributed by atoms with Crippen LogP contribution in [-0.2, 0) is 24.4 Å². The summed E-state index contributed by atoms with van der Waals surface area (Å²) in [6.07, 6.45) is 7.27. The van der Waals surface area contributed by atoms with E-state index < -0.39 is 0 Å². The normalized spacial score (nSPS) is 12.3. The van der Waals surface area contributed by atoms with Crippen molar-refractivity contribution in [2.24, 2.45) is 5.92 Å². The molecule has 3 aromatic heterocycles. The predicted octanol–water partition coefficient (Wildman–Crippen LogP) is 2.89. The van der Waals surface area contributed by atoms with Gasteiger partial charge in [-0.25, -0.2) is 0 Å². The van der Waals surface area contributed by atoms with Gasteiger partial charge in [-0.05, 0) is 20.8 Å². The molecule has 0 aliphatic heterocycles. The molecule has 3 rings (SSSR count). The minimum Gasteiger partial charge on any atom is -0.323 e. The third kappa shape index (κ3) is 4.39. The molecule has 1 amide bonds. The number of aryl methyl sites for hydroxylation is 2. The van der Waals surface area contributed by atoms with Crippen LogP contribution in [0.15, 0.2) is 24.8 Å². The maximum Gasteiger partial charge on any atom is 0.229 e. The molecule has 0 aliphatic rings. The van der Waals surface area contributed by atoms with E-state index in [1.54, 1.807) is 15.6 Å². The highest BCUT2D eigenvalue weighted by Gasteiger charge is 2.18. The van der Waals surface area contributed by atoms with Gasteiger partial charge in [0.1, 0.15) is 0 Å². The molecule has 3 heterocycles. The number of hydrogen-bond acceptors (Lipinski definition) is 4. The molecule has 0 bridgehead atoms. The van der Waals surface area contributed by atoms with Gasteiger partial charge in [0.15, 0.2) is 0 Å². The molecule has 8 nitrogen and oxygen atoms in total. The first-order valence-corrected chi connectivity index (χ1v) is 9.29. The first-order valence-electron chi connectivity index (χ1n) is 8.91. The Balaban J connectivity index is 1.58. The number of nitrogens with zero attached hydrogens (tertiary/aromatic N) is 6. The lowest BCUT2D eigenvalue weighted by atomic mass is 10.1. The van der Waals surface area contributed by atoms with Crippen LogP contribution in [0.4, 0.5) is 5.69 Å². The molecule has 0 spiro atoms. The Labute approximate surface area is 163 Å². The predicted molar refractivity (Wildman–Crippen MR) is 104 cm³/mol. The number of hydrogen-bond donors (Lipinski definition) is 1. The fraction of sp³-hybridized carbons (Fsp3) is 0.444. The lowest BCUT2D eigenvalue weighted by Crippen LogP contribution is -2.25. The van der Waals surface area contributed by atoms with Crippen LogP contribution < -0.4 is 5.32 Å². The van der Waals surface area contributed by atoms with Gasteiger partial charge in [0, 0.05) is 24.5 Å². The number of anilines is 1. The molecule has 0 aliphatic carbocycles. The molecule has 0 radical (unpaired) electrons. The van der Waals surface area contributed by atoms with E-state index in [9.17, 15) is 4.79 Å². The first-order chi connectivity index (χ1) is 12.9. The van der Waals surface area contributed by atoms with Crippen molar-refractivity contribution in [3.05, 3.63) is 46.8 Å². The molecule has 1 N–H and O–H groups in total. The minimum absolute atomic E-state index is 0.0861. The summed E-state index contributed by atoms with van der Waals surface area (Å²) in [4.78, 5) is 12.5. The SMILES string of the molecule is CCn1cc(Cn2cc(NC(=O)C(C)Cn3nc(C)c(Cl)c3C)cn2)cn1. The number of nitrogens with one attached hydrogen (secondary N) is 1. The van der Waals surface area contributed by atoms with Crippen molar-refractivity contribution in [2.45, 2.75) is 47.3 Å². The average Bonchev–Trinajstić information content (AvgIpc) is 3.33. The average molecular weight is 390 g/mol. The van der Waals surface area contributed by atoms with Crippen molar-refractivity contribution in [3.8, 4) is 0 Å². The van der Waals surface area contributed by atoms with E-state index in [0.717, 1.165) is 23.5 Å². The number of carbonyl (C=O) groups excluding carboxylic acids is 1. The molecule has 1 atom stereocenters. The van der Waals surface area contributed by atoms with Gasteiger partial charge in [-0.1, -0.05) is 18.5 Å². The summed E-state index contributed by atoms with van der Waals surface area (Å²) >= 11 is 6.17. The van der Waals surface area contributed by atoms with Crippen molar-refractivity contribution in [2.75, 3.05) is 5.32 Å². The second kappa shape index (κ2) is 7.96. The van der Waals surface area contributed by atoms with E-state index in [4.69, 9.17) is 11.6 Å². The highest BCUT2D eigenvalue weighted by molar-refractivity contribution is 6.31. The second-order valence-corrected chi connectivity index (χ2v) is 7.07. The maximum atomic E-state index is 12.5. The van der Waals surface area contributed by atoms with Crippen LogP contribution in [0, 0.1) is 19.8 Å². The Morgan fingerprint density at radius 3 is 2.59 bits per heavy atom. The van der Waals surface area contributed by atoms with Crippen LogP contribution in [-0.4, -0.2) is 35.2 Å². The van der Waals surface area contributed by atoms with Crippen molar-refractivity contribution in [1.82, 2.24) is 29.3 Å². The zero-order valence-corrected chi connectivity index (χ0v) is 16.7. The van der Waals surface area contributed by atoms with Crippen LogP contribution in [0.5, 0.6) is 0 Å². The van der Waals surface area contributed by atoms with Crippen LogP contribution in [0.2, 0.25) is 5.02 Å². The summed E-state index contributed by atoms with van der Waals surface area (Å²) in [5.41, 5.74) is 3.37. The van der Waals surface area contributed by atoms with E-state index in [1.165, 1.54) is 0 Å². The van der Waals surface area contributed by atoms with Gasteiger partial charge in [0.2, 0.25) is 5.91 Å². The number of aromatic nitrogens is 6. The number of carbonyl (C=O) groups is 1. The van der Waals surface area contributed by atoms with Crippen LogP contribution >= 0.6 is 11.6 Å². The molecule has 0 fully saturated rings. The van der Waals surface area contributed by atoms with Gasteiger partial charge in [-0.3, -0.25) is 18.8 Å². The maximum absolute atomic E-state index is 12.5. The van der Waals surface area contributed by atoms with Gasteiger partial charge in [0.05, 0.1) is 53.5 Å². The molecule has 0 aromatic carbocycles. The van der Waals surface area contributed by atoms with Crippen LogP contribution in [0.25, 0.3) is 0 Å². The Morgan fingerprint density at radius 2 is 1.96 bits per heavy atom. The summed E-state index contributed by atoms with van der Waals surface area (Å²) in [5, 5.41) is 16.5. The molecule has 0 saturated carbocycles. The quantitative estimate of drug-likeness (QED) is 0.673. The van der Waals surface area contributed by atoms with Gasteiger partial charge in [0.25, 0.3) is 0 Å². The Kier molecular flexibility index (Phi) is 5.65. The molecule has 27 heavy (non-hydrogen) atoms. The highest BCUT2D eigenvalue weighted by Crippen LogP contribution is 2.20. The highest BCUT2D eigenvalue weighted by atomic mass is 35.5. The number of amides is 1. The third-order valence-electron chi connectivity index (χ3n) is 4.44. The fourth-order valence-electron chi connectivity index (χ4n) is 2.82. The Hall–Kier alpha value is -2.61. The van der Waals surface area contributed by atoms with E-state index in [2.05, 4.69) is 20.6 Å². The number of halogens is 1. The molecule has 0 saturated heterocycles. The van der Waals surface area contributed by atoms with E-state index in [-0.39, 0.29) is 11.8 Å². The summed E-state index contributed by atoms with van der Waals surface area (Å²) in [6.45, 7) is 9.57. The van der Waals surface area contributed by atoms with Crippen molar-refractivity contribution in [3.63, 3.8) is 0 Å². The van der Waals surface area contributed by atoms with Crippen molar-refractivity contribution in [1.29, 1.82) is 0 Å². The molecule has 3 aromatic rings. The summed E-state index contributed by atoms with van der Waals surface area (Å²) in [7, 11) is 0. The molecule has 9 heteroatoms. The Morgan fingerprint density at radius 1 is 1.22 bits per heavy atom. The van der Waals surface area contributed by atoms with Gasteiger partial charge in [-0.15, -0.1) is 0 Å². The fourth-order valence-corrected chi connectivity index (χ4v) is 2.96. The smallest absolute Gasteiger partial charge is 0.229 e. The minimum atomic E-state index is -0.259. The summed E-state index contributed by atoms with van der Waals surface area (Å²) in [6, 6.07) is 0. The topological polar surface area (TPSA) is 82.6 Å². The van der Waals surface area contributed by atoms with Crippen LogP contribution in [0.1, 0.15) is 30.8 Å². The largest absolute Gasteiger partial charge is 0.323 e. The zero-order chi connectivity index (χ0) is 19.6. The van der Waals surface area contributed by atoms with E-state index in [1.807, 2.05) is 51.0 Å². The van der Waals surface area contributed by atoms with Crippen molar-refractivity contribution >= 4 is 23.2 Å². The first kappa shape index (κ1) is 19.2. The Bertz CT molecular complexity index is 940. The zero-order valence-electron chi connectivity index (χ0n) is 16.0. The molecule has 144 valence electrons. The summed E-state index contributed by atoms with van der Waals surface area (Å²) in [5.74, 6) is -0.345. The summed E-state index contributed by atoms with van der Waals surface area (Å²) < 4.78 is 5.42. The standard InChI is InChI=1S/C18H24ClN7O/c1-5-24-9-15(6-20-24)10-25-11-16(7-21-25)22-18(27)12(2)8-26-14(4)17(19)13(3)23-26/h6-7,9,11-12H,5,8,10H2,1-4H3,(H,22,27).